The van der Waals surface area contributed by atoms with Crippen molar-refractivity contribution in [1.29, 1.82) is 0 Å². The number of nitrogens with zero attached hydrogens (tertiary/aromatic N) is 4. The van der Waals surface area contributed by atoms with Gasteiger partial charge in [0, 0.05) is 32.2 Å². The lowest BCUT2D eigenvalue weighted by atomic mass is 10.2. The normalized spacial score (nSPS) is 11.0. The molecule has 9 heteroatoms. The molecule has 32 heavy (non-hydrogen) atoms. The summed E-state index contributed by atoms with van der Waals surface area (Å²) in [4.78, 5) is 16.2. The Morgan fingerprint density at radius 1 is 0.969 bits per heavy atom. The summed E-state index contributed by atoms with van der Waals surface area (Å²) in [6, 6.07) is 10.6. The fourth-order valence-corrected chi connectivity index (χ4v) is 2.95. The van der Waals surface area contributed by atoms with Crippen LogP contribution in [0.4, 0.5) is 17.8 Å². The number of hydrogen-bond acceptors (Lipinski definition) is 9. The van der Waals surface area contributed by atoms with E-state index in [-0.39, 0.29) is 6.04 Å². The summed E-state index contributed by atoms with van der Waals surface area (Å²) in [7, 11) is 0. The Morgan fingerprint density at radius 2 is 1.69 bits per heavy atom. The van der Waals surface area contributed by atoms with Gasteiger partial charge in [-0.05, 0) is 25.8 Å². The number of rotatable bonds is 17. The van der Waals surface area contributed by atoms with Gasteiger partial charge in [-0.15, -0.1) is 0 Å². The number of nitrogens with two attached hydrogens (primary N) is 1. The van der Waals surface area contributed by atoms with Crippen LogP contribution in [0.1, 0.15) is 39.2 Å². The van der Waals surface area contributed by atoms with E-state index in [0.717, 1.165) is 25.9 Å². The zero-order chi connectivity index (χ0) is 23.0. The van der Waals surface area contributed by atoms with Gasteiger partial charge in [0.2, 0.25) is 17.8 Å². The van der Waals surface area contributed by atoms with Gasteiger partial charge >= 0.3 is 0 Å². The summed E-state index contributed by atoms with van der Waals surface area (Å²) >= 11 is 0. The molecule has 0 radical (unpaired) electrons. The Bertz CT molecular complexity index is 746. The third kappa shape index (κ3) is 10.2. The lowest BCUT2D eigenvalue weighted by Gasteiger charge is -2.24. The highest BCUT2D eigenvalue weighted by atomic mass is 16.5. The van der Waals surface area contributed by atoms with Crippen LogP contribution in [0.25, 0.3) is 0 Å². The van der Waals surface area contributed by atoms with Gasteiger partial charge in [0.25, 0.3) is 0 Å². The molecular formula is C23H39N7O2. The van der Waals surface area contributed by atoms with E-state index < -0.39 is 0 Å². The van der Waals surface area contributed by atoms with Crippen molar-refractivity contribution in [2.75, 3.05) is 61.6 Å². The van der Waals surface area contributed by atoms with E-state index in [4.69, 9.17) is 25.2 Å². The van der Waals surface area contributed by atoms with Crippen LogP contribution in [0.15, 0.2) is 30.3 Å². The van der Waals surface area contributed by atoms with Crippen LogP contribution in [0.3, 0.4) is 0 Å². The Labute approximate surface area is 192 Å². The van der Waals surface area contributed by atoms with Gasteiger partial charge in [-0.1, -0.05) is 43.7 Å². The molecule has 0 fully saturated rings. The maximum Gasteiger partial charge on any atom is 0.232 e. The Morgan fingerprint density at radius 3 is 2.38 bits per heavy atom. The molecule has 2 rings (SSSR count). The fraction of sp³-hybridized carbons (Fsp3) is 0.609. The first-order chi connectivity index (χ1) is 15.6. The monoisotopic (exact) mass is 445 g/mol. The molecule has 178 valence electrons. The molecule has 0 aliphatic rings. The first-order valence-electron chi connectivity index (χ1n) is 11.5. The number of hydrogen-bond donors (Lipinski definition) is 3. The smallest absolute Gasteiger partial charge is 0.232 e. The minimum Gasteiger partial charge on any atom is -0.378 e. The van der Waals surface area contributed by atoms with E-state index in [1.54, 1.807) is 0 Å². The molecular weight excluding hydrogens is 406 g/mol. The highest BCUT2D eigenvalue weighted by Crippen LogP contribution is 2.18. The van der Waals surface area contributed by atoms with Crippen LogP contribution in [0.5, 0.6) is 0 Å². The molecule has 1 heterocycles. The second-order valence-corrected chi connectivity index (χ2v) is 7.78. The highest BCUT2D eigenvalue weighted by Gasteiger charge is 2.15. The average molecular weight is 446 g/mol. The van der Waals surface area contributed by atoms with Crippen LogP contribution in [0, 0.1) is 0 Å². The predicted octanol–water partition coefficient (Wildman–Crippen LogP) is 2.90. The van der Waals surface area contributed by atoms with Crippen molar-refractivity contribution in [2.24, 2.45) is 5.73 Å². The fourth-order valence-electron chi connectivity index (χ4n) is 2.95. The second kappa shape index (κ2) is 15.3. The number of aromatic nitrogens is 3. The second-order valence-electron chi connectivity index (χ2n) is 7.78. The van der Waals surface area contributed by atoms with Crippen LogP contribution < -0.4 is 21.3 Å². The van der Waals surface area contributed by atoms with E-state index in [0.29, 0.717) is 57.4 Å². The van der Waals surface area contributed by atoms with E-state index >= 15 is 0 Å². The molecule has 2 aromatic rings. The lowest BCUT2D eigenvalue weighted by Crippen LogP contribution is -2.27. The average Bonchev–Trinajstić information content (AvgIpc) is 2.78. The van der Waals surface area contributed by atoms with Gasteiger partial charge in [-0.3, -0.25) is 0 Å². The van der Waals surface area contributed by atoms with Crippen molar-refractivity contribution in [3.8, 4) is 0 Å². The number of ether oxygens (including phenoxy) is 2. The van der Waals surface area contributed by atoms with Gasteiger partial charge in [-0.2, -0.15) is 15.0 Å². The molecule has 0 saturated carbocycles. The van der Waals surface area contributed by atoms with Gasteiger partial charge in [0.05, 0.1) is 26.4 Å². The first kappa shape index (κ1) is 25.8. The van der Waals surface area contributed by atoms with Gasteiger partial charge in [0.1, 0.15) is 0 Å². The molecule has 0 amide bonds. The quantitative estimate of drug-likeness (QED) is 0.317. The van der Waals surface area contributed by atoms with Gasteiger partial charge in [-0.25, -0.2) is 0 Å². The van der Waals surface area contributed by atoms with Crippen LogP contribution in [0.2, 0.25) is 0 Å². The minimum absolute atomic E-state index is 0.216. The standard InChI is InChI=1S/C23H39N7O2/c1-4-5-13-30(18-20-9-7-6-8-10-20)23-28-21(27-22(29-23)26-19(2)3)25-12-15-32-17-16-31-14-11-24/h6-10,19H,4-5,11-18,24H2,1-3H3,(H2,25,26,27,28,29). The summed E-state index contributed by atoms with van der Waals surface area (Å²) in [5.41, 5.74) is 6.62. The first-order valence-corrected chi connectivity index (χ1v) is 11.5. The molecule has 1 aromatic carbocycles. The number of nitrogens with one attached hydrogen (secondary N) is 2. The van der Waals surface area contributed by atoms with Crippen LogP contribution in [-0.4, -0.2) is 67.1 Å². The van der Waals surface area contributed by atoms with Crippen LogP contribution >= 0.6 is 0 Å². The maximum atomic E-state index is 5.58. The van der Waals surface area contributed by atoms with Crippen molar-refractivity contribution in [3.63, 3.8) is 0 Å². The molecule has 0 bridgehead atoms. The summed E-state index contributed by atoms with van der Waals surface area (Å²) < 4.78 is 10.9. The summed E-state index contributed by atoms with van der Waals surface area (Å²) in [6.07, 6.45) is 2.17. The Hall–Kier alpha value is -2.49. The van der Waals surface area contributed by atoms with Crippen molar-refractivity contribution in [1.82, 2.24) is 15.0 Å². The molecule has 4 N–H and O–H groups in total. The topological polar surface area (TPSA) is 110 Å². The van der Waals surface area contributed by atoms with Crippen molar-refractivity contribution in [3.05, 3.63) is 35.9 Å². The van der Waals surface area contributed by atoms with Gasteiger partial charge < -0.3 is 30.7 Å². The third-order valence-corrected chi connectivity index (χ3v) is 4.49. The number of unbranched alkanes of at least 4 members (excludes halogenated alkanes) is 1. The number of benzene rings is 1. The molecule has 0 aliphatic carbocycles. The van der Waals surface area contributed by atoms with E-state index in [1.165, 1.54) is 5.56 Å². The van der Waals surface area contributed by atoms with E-state index in [9.17, 15) is 0 Å². The molecule has 0 saturated heterocycles. The lowest BCUT2D eigenvalue weighted by molar-refractivity contribution is 0.0547. The predicted molar refractivity (Wildman–Crippen MR) is 130 cm³/mol. The molecule has 0 aliphatic heterocycles. The van der Waals surface area contributed by atoms with Crippen molar-refractivity contribution in [2.45, 2.75) is 46.2 Å². The zero-order valence-corrected chi connectivity index (χ0v) is 19.7. The van der Waals surface area contributed by atoms with Crippen LogP contribution in [-0.2, 0) is 16.0 Å². The SMILES string of the molecule is CCCCN(Cc1ccccc1)c1nc(NCCOCCOCCN)nc(NC(C)C)n1. The molecule has 0 spiro atoms. The molecule has 9 nitrogen and oxygen atoms in total. The molecule has 0 unspecified atom stereocenters. The summed E-state index contributed by atoms with van der Waals surface area (Å²) in [5, 5.41) is 6.56. The van der Waals surface area contributed by atoms with Gasteiger partial charge in [0.15, 0.2) is 0 Å². The van der Waals surface area contributed by atoms with E-state index in [2.05, 4.69) is 65.6 Å². The largest absolute Gasteiger partial charge is 0.378 e. The molecule has 0 atom stereocenters. The van der Waals surface area contributed by atoms with Crippen molar-refractivity contribution < 1.29 is 9.47 Å². The Balaban J connectivity index is 2.06. The van der Waals surface area contributed by atoms with Crippen molar-refractivity contribution >= 4 is 17.8 Å². The summed E-state index contributed by atoms with van der Waals surface area (Å²) in [6.45, 7) is 11.2. The minimum atomic E-state index is 0.216. The van der Waals surface area contributed by atoms with E-state index in [1.807, 2.05) is 6.07 Å². The third-order valence-electron chi connectivity index (χ3n) is 4.49. The zero-order valence-electron chi connectivity index (χ0n) is 19.7. The number of anilines is 3. The summed E-state index contributed by atoms with van der Waals surface area (Å²) in [5.74, 6) is 1.77. The highest BCUT2D eigenvalue weighted by molar-refractivity contribution is 5.44. The maximum absolute atomic E-state index is 5.58. The Kier molecular flexibility index (Phi) is 12.3. The molecule has 1 aromatic heterocycles.